The Morgan fingerprint density at radius 3 is 2.42 bits per heavy atom. The van der Waals surface area contributed by atoms with E-state index >= 15 is 0 Å². The third-order valence-corrected chi connectivity index (χ3v) is 1.28. The maximum Gasteiger partial charge on any atom is 0.245 e. The van der Waals surface area contributed by atoms with E-state index in [0.29, 0.717) is 5.56 Å². The molecule has 0 aliphatic rings. The van der Waals surface area contributed by atoms with Gasteiger partial charge >= 0.3 is 0 Å². The number of nitro benzene ring substituents is 1. The molecule has 4 nitrogen and oxygen atoms in total. The van der Waals surface area contributed by atoms with Gasteiger partial charge in [-0.15, -0.1) is 0 Å². The van der Waals surface area contributed by atoms with E-state index in [1.807, 2.05) is 0 Å². The molecule has 0 saturated carbocycles. The molecule has 12 heavy (non-hydrogen) atoms. The van der Waals surface area contributed by atoms with Gasteiger partial charge in [-0.05, 0) is 12.1 Å². The Labute approximate surface area is 69.2 Å². The average molecular weight is 160 g/mol. The van der Waals surface area contributed by atoms with Crippen LogP contribution in [0.3, 0.4) is 0 Å². The van der Waals surface area contributed by atoms with Crippen LogP contribution in [0.5, 0.6) is 0 Å². The number of nitrogens with zero attached hydrogens (tertiary/aromatic N) is 2. The Hall–Kier alpha value is -2.02. The molecule has 0 aliphatic carbocycles. The molecule has 0 aromatic heterocycles. The van der Waals surface area contributed by atoms with Crippen LogP contribution in [-0.2, 0) is 0 Å². The molecule has 0 atom stereocenters. The van der Waals surface area contributed by atoms with Crippen molar-refractivity contribution in [3.05, 3.63) is 46.4 Å². The first-order chi connectivity index (χ1) is 5.74. The van der Waals surface area contributed by atoms with E-state index in [9.17, 15) is 10.1 Å². The second-order valence-electron chi connectivity index (χ2n) is 2.04. The summed E-state index contributed by atoms with van der Waals surface area (Å²) in [7, 11) is 0. The van der Waals surface area contributed by atoms with Crippen LogP contribution in [0.1, 0.15) is 5.56 Å². The van der Waals surface area contributed by atoms with Crippen molar-refractivity contribution >= 4 is 5.69 Å². The summed E-state index contributed by atoms with van der Waals surface area (Å²) in [6, 6.07) is 7.33. The van der Waals surface area contributed by atoms with E-state index in [2.05, 4.69) is 6.42 Å². The molecule has 1 rings (SSSR count). The summed E-state index contributed by atoms with van der Waals surface area (Å²) in [5, 5.41) is 18.4. The minimum absolute atomic E-state index is 0.0125. The van der Waals surface area contributed by atoms with Crippen LogP contribution in [0.4, 0.5) is 5.69 Å². The van der Waals surface area contributed by atoms with Crippen LogP contribution >= 0.6 is 0 Å². The second-order valence-corrected chi connectivity index (χ2v) is 2.04. The van der Waals surface area contributed by atoms with Crippen LogP contribution in [0.2, 0.25) is 0 Å². The maximum absolute atomic E-state index is 10.2. The lowest BCUT2D eigenvalue weighted by atomic mass is 10.1. The Balaban J connectivity index is 2.87. The molecule has 1 radical (unpaired) electrons. The van der Waals surface area contributed by atoms with Crippen molar-refractivity contribution in [2.24, 2.45) is 0 Å². The predicted molar refractivity (Wildman–Crippen MR) is 41.1 cm³/mol. The first kappa shape index (κ1) is 8.08. The van der Waals surface area contributed by atoms with E-state index in [4.69, 9.17) is 5.26 Å². The highest BCUT2D eigenvalue weighted by molar-refractivity contribution is 5.37. The Kier molecular flexibility index (Phi) is 2.29. The summed E-state index contributed by atoms with van der Waals surface area (Å²) in [4.78, 5) is 9.70. The zero-order chi connectivity index (χ0) is 8.97. The normalized spacial score (nSPS) is 8.58. The number of hydrogen-bond acceptors (Lipinski definition) is 3. The molecule has 1 aromatic rings. The minimum atomic E-state index is -0.490. The number of non-ortho nitro benzene ring substituents is 1. The van der Waals surface area contributed by atoms with Crippen molar-refractivity contribution in [2.75, 3.05) is 0 Å². The molecule has 0 heterocycles. The summed E-state index contributed by atoms with van der Waals surface area (Å²) in [6.45, 7) is 0. The fraction of sp³-hybridized carbons (Fsp3) is 0. The van der Waals surface area contributed by atoms with Gasteiger partial charge in [-0.1, -0.05) is 6.42 Å². The van der Waals surface area contributed by atoms with Crippen LogP contribution in [0.15, 0.2) is 24.3 Å². The van der Waals surface area contributed by atoms with Crippen LogP contribution in [0, 0.1) is 27.9 Å². The number of nitriles is 1. The summed E-state index contributed by atoms with van der Waals surface area (Å²) < 4.78 is 0. The van der Waals surface area contributed by atoms with Gasteiger partial charge in [-0.3, -0.25) is 10.1 Å². The first-order valence-electron chi connectivity index (χ1n) is 3.13. The molecule has 59 valence electrons. The van der Waals surface area contributed by atoms with Gasteiger partial charge in [0, 0.05) is 6.07 Å². The van der Waals surface area contributed by atoms with Gasteiger partial charge in [-0.25, -0.2) is 5.26 Å². The summed E-state index contributed by atoms with van der Waals surface area (Å²) in [6.07, 6.45) is 2.36. The summed E-state index contributed by atoms with van der Waals surface area (Å²) >= 11 is 0. The monoisotopic (exact) mass is 160 g/mol. The van der Waals surface area contributed by atoms with Crippen molar-refractivity contribution in [3.8, 4) is 6.07 Å². The smallest absolute Gasteiger partial charge is 0.245 e. The molecule has 0 saturated heterocycles. The SMILES string of the molecule is N#C[C-]c1ccc([N+](=O)[O-])cc1. The molecular formula is C8H4N2O2-. The summed E-state index contributed by atoms with van der Waals surface area (Å²) in [5.41, 5.74) is 0.557. The third-order valence-electron chi connectivity index (χ3n) is 1.28. The Morgan fingerprint density at radius 1 is 1.42 bits per heavy atom. The fourth-order valence-corrected chi connectivity index (χ4v) is 0.731. The molecule has 0 N–H and O–H groups in total. The maximum atomic E-state index is 10.2. The lowest BCUT2D eigenvalue weighted by molar-refractivity contribution is -0.384. The number of nitro groups is 1. The molecule has 0 spiro atoms. The fourth-order valence-electron chi connectivity index (χ4n) is 0.731. The van der Waals surface area contributed by atoms with Gasteiger partial charge in [0.1, 0.15) is 0 Å². The van der Waals surface area contributed by atoms with Crippen molar-refractivity contribution in [1.29, 1.82) is 5.26 Å². The Morgan fingerprint density at radius 2 is 2.00 bits per heavy atom. The van der Waals surface area contributed by atoms with Gasteiger partial charge in [0.05, 0.1) is 4.92 Å². The van der Waals surface area contributed by atoms with Gasteiger partial charge < -0.3 is 0 Å². The quantitative estimate of drug-likeness (QED) is 0.374. The lowest BCUT2D eigenvalue weighted by Gasteiger charge is -2.01. The second kappa shape index (κ2) is 3.39. The highest BCUT2D eigenvalue weighted by atomic mass is 16.6. The number of hydrogen-bond donors (Lipinski definition) is 0. The summed E-state index contributed by atoms with van der Waals surface area (Å²) in [5.74, 6) is 0. The van der Waals surface area contributed by atoms with E-state index in [-0.39, 0.29) is 5.69 Å². The van der Waals surface area contributed by atoms with Gasteiger partial charge in [0.15, 0.2) is 0 Å². The predicted octanol–water partition coefficient (Wildman–Crippen LogP) is 1.55. The average Bonchev–Trinajstić information content (AvgIpc) is 2.06. The highest BCUT2D eigenvalue weighted by Gasteiger charge is 1.97. The zero-order valence-electron chi connectivity index (χ0n) is 6.02. The van der Waals surface area contributed by atoms with Crippen molar-refractivity contribution in [2.45, 2.75) is 0 Å². The highest BCUT2D eigenvalue weighted by Crippen LogP contribution is 2.12. The molecule has 1 aromatic carbocycles. The van der Waals surface area contributed by atoms with E-state index in [1.54, 1.807) is 6.07 Å². The molecule has 0 aliphatic heterocycles. The topological polar surface area (TPSA) is 66.9 Å². The van der Waals surface area contributed by atoms with Gasteiger partial charge in [-0.2, -0.15) is 17.7 Å². The van der Waals surface area contributed by atoms with Crippen molar-refractivity contribution < 1.29 is 4.92 Å². The van der Waals surface area contributed by atoms with Gasteiger partial charge in [0.25, 0.3) is 0 Å². The van der Waals surface area contributed by atoms with Gasteiger partial charge in [0.2, 0.25) is 5.69 Å². The van der Waals surface area contributed by atoms with Crippen LogP contribution in [0.25, 0.3) is 0 Å². The first-order valence-corrected chi connectivity index (χ1v) is 3.13. The molecule has 0 amide bonds. The zero-order valence-corrected chi connectivity index (χ0v) is 6.02. The number of rotatable bonds is 2. The van der Waals surface area contributed by atoms with Crippen molar-refractivity contribution in [3.63, 3.8) is 0 Å². The molecule has 4 heteroatoms. The largest absolute Gasteiger partial charge is 0.258 e. The minimum Gasteiger partial charge on any atom is -0.258 e. The molecular weight excluding hydrogens is 156 g/mol. The molecule has 0 fully saturated rings. The number of benzene rings is 1. The lowest BCUT2D eigenvalue weighted by Crippen LogP contribution is -1.87. The molecule has 0 bridgehead atoms. The van der Waals surface area contributed by atoms with Crippen LogP contribution in [-0.4, -0.2) is 4.92 Å². The standard InChI is InChI=1S/C8H4N2O2/c9-6-5-7-1-3-8(4-2-7)10(11)12/h1-4H/q-1. The van der Waals surface area contributed by atoms with E-state index in [1.165, 1.54) is 24.3 Å². The van der Waals surface area contributed by atoms with Crippen LogP contribution < -0.4 is 0 Å². The third kappa shape index (κ3) is 1.73. The Bertz CT molecular complexity index is 324. The van der Waals surface area contributed by atoms with Crippen molar-refractivity contribution in [1.82, 2.24) is 0 Å². The molecule has 0 unspecified atom stereocenters. The van der Waals surface area contributed by atoms with E-state index < -0.39 is 4.92 Å². The van der Waals surface area contributed by atoms with E-state index in [0.717, 1.165) is 0 Å².